The monoisotopic (exact) mass is 570 g/mol. The van der Waals surface area contributed by atoms with Crippen LogP contribution in [-0.4, -0.2) is 85.7 Å². The van der Waals surface area contributed by atoms with Gasteiger partial charge in [0.1, 0.15) is 16.8 Å². The number of amides is 1. The van der Waals surface area contributed by atoms with Gasteiger partial charge in [0, 0.05) is 63.4 Å². The van der Waals surface area contributed by atoms with E-state index in [1.807, 2.05) is 45.9 Å². The number of hydrogen-bond donors (Lipinski definition) is 2. The highest BCUT2D eigenvalue weighted by atomic mass is 19.1. The Bertz CT molecular complexity index is 1760. The fraction of sp³-hybridized carbons (Fsp3) is 0.375. The highest BCUT2D eigenvalue weighted by Crippen LogP contribution is 2.49. The first-order chi connectivity index (χ1) is 20.4. The number of carbonyl (C=O) groups is 1. The molecule has 0 bridgehead atoms. The van der Waals surface area contributed by atoms with E-state index in [2.05, 4.69) is 22.2 Å². The highest BCUT2D eigenvalue weighted by molar-refractivity contribution is 6.03. The Balaban J connectivity index is 1.29. The average Bonchev–Trinajstić information content (AvgIpc) is 3.42. The molecule has 2 saturated heterocycles. The van der Waals surface area contributed by atoms with Gasteiger partial charge in [0.15, 0.2) is 17.3 Å². The Morgan fingerprint density at radius 3 is 2.67 bits per heavy atom. The molecular weight excluding hydrogens is 535 g/mol. The second-order valence-electron chi connectivity index (χ2n) is 11.7. The highest BCUT2D eigenvalue weighted by Gasteiger charge is 2.33. The molecule has 10 heteroatoms. The van der Waals surface area contributed by atoms with E-state index < -0.39 is 17.2 Å². The Morgan fingerprint density at radius 2 is 1.88 bits per heavy atom. The number of aromatic nitrogens is 1. The first kappa shape index (κ1) is 26.9. The van der Waals surface area contributed by atoms with Crippen molar-refractivity contribution in [3.05, 3.63) is 70.3 Å². The van der Waals surface area contributed by atoms with E-state index in [1.165, 1.54) is 6.07 Å². The smallest absolute Gasteiger partial charge is 0.256 e. The zero-order valence-electron chi connectivity index (χ0n) is 23.7. The van der Waals surface area contributed by atoms with Crippen LogP contribution in [0.4, 0.5) is 10.1 Å². The van der Waals surface area contributed by atoms with Gasteiger partial charge < -0.3 is 35.1 Å². The number of fused-ring (bicyclic) bond motifs is 4. The predicted octanol–water partition coefficient (Wildman–Crippen LogP) is 3.29. The lowest BCUT2D eigenvalue weighted by Gasteiger charge is -2.32. The molecule has 0 saturated carbocycles. The second kappa shape index (κ2) is 10.7. The molecule has 9 nitrogen and oxygen atoms in total. The lowest BCUT2D eigenvalue weighted by molar-refractivity contribution is 0.0948. The Labute approximate surface area is 243 Å². The summed E-state index contributed by atoms with van der Waals surface area (Å²) >= 11 is 0. The molecule has 218 valence electrons. The number of nitrogens with zero attached hydrogens (tertiary/aromatic N) is 4. The van der Waals surface area contributed by atoms with Crippen molar-refractivity contribution in [3.8, 4) is 17.2 Å². The molecule has 0 radical (unpaired) electrons. The number of nitrogens with one attached hydrogen (secondary N) is 1. The molecule has 3 aromatic carbocycles. The summed E-state index contributed by atoms with van der Waals surface area (Å²) in [5, 5.41) is 4.87. The number of hydrogen-bond acceptors (Lipinski definition) is 7. The zero-order valence-corrected chi connectivity index (χ0v) is 23.7. The standard InChI is InChI=1S/C32H35FN6O3/c1-36-13-15-37(16-14-36)11-4-10-35-32(41)24-19-39-26-8-7-20-5-2-3-6-22(20)30(26)42-31-27(39)23(29(24)40)17-25(33)28(31)38-12-9-21(34)18-38/h2-3,5-8,17,19,21H,4,9-16,18,34H2,1H3,(H,35,41)/t21-/m1/s1. The molecule has 1 atom stereocenters. The minimum atomic E-state index is -0.566. The fourth-order valence-corrected chi connectivity index (χ4v) is 6.45. The van der Waals surface area contributed by atoms with Crippen LogP contribution in [0.25, 0.3) is 27.4 Å². The van der Waals surface area contributed by atoms with Crippen molar-refractivity contribution < 1.29 is 13.9 Å². The molecule has 3 N–H and O–H groups in total. The maximum absolute atomic E-state index is 15.9. The molecule has 42 heavy (non-hydrogen) atoms. The maximum Gasteiger partial charge on any atom is 0.256 e. The number of ether oxygens (including phenoxy) is 1. The van der Waals surface area contributed by atoms with Crippen LogP contribution in [0.2, 0.25) is 0 Å². The van der Waals surface area contributed by atoms with Crippen LogP contribution in [0.15, 0.2) is 53.5 Å². The van der Waals surface area contributed by atoms with Gasteiger partial charge in [-0.25, -0.2) is 4.39 Å². The van der Waals surface area contributed by atoms with E-state index in [1.54, 1.807) is 6.20 Å². The van der Waals surface area contributed by atoms with Gasteiger partial charge in [-0.05, 0) is 44.0 Å². The van der Waals surface area contributed by atoms with Crippen molar-refractivity contribution in [2.24, 2.45) is 5.73 Å². The molecule has 4 aromatic rings. The fourth-order valence-electron chi connectivity index (χ4n) is 6.45. The average molecular weight is 571 g/mol. The summed E-state index contributed by atoms with van der Waals surface area (Å²) in [6.45, 7) is 6.49. The number of piperazine rings is 1. The van der Waals surface area contributed by atoms with Crippen LogP contribution >= 0.6 is 0 Å². The normalized spacial score (nSPS) is 18.8. The molecule has 0 spiro atoms. The van der Waals surface area contributed by atoms with Crippen LogP contribution in [0.3, 0.4) is 0 Å². The van der Waals surface area contributed by atoms with E-state index in [-0.39, 0.29) is 22.7 Å². The summed E-state index contributed by atoms with van der Waals surface area (Å²) < 4.78 is 24.3. The zero-order chi connectivity index (χ0) is 29.0. The number of carbonyl (C=O) groups excluding carboxylic acids is 1. The Kier molecular flexibility index (Phi) is 6.84. The molecule has 0 aliphatic carbocycles. The summed E-state index contributed by atoms with van der Waals surface area (Å²) in [6, 6.07) is 12.9. The number of pyridine rings is 1. The molecule has 7 rings (SSSR count). The van der Waals surface area contributed by atoms with Gasteiger partial charge in [-0.1, -0.05) is 30.3 Å². The third-order valence-electron chi connectivity index (χ3n) is 8.81. The van der Waals surface area contributed by atoms with Crippen LogP contribution in [0.5, 0.6) is 11.5 Å². The first-order valence-corrected chi connectivity index (χ1v) is 14.7. The lowest BCUT2D eigenvalue weighted by atomic mass is 10.0. The van der Waals surface area contributed by atoms with Crippen LogP contribution in [-0.2, 0) is 0 Å². The SMILES string of the molecule is CN1CCN(CCCNC(=O)c2cn3c4c(c(N5CC[C@@H](N)C5)c(F)cc4c2=O)Oc2c-3ccc3ccccc23)CC1. The summed E-state index contributed by atoms with van der Waals surface area (Å²) in [5.74, 6) is -0.198. The van der Waals surface area contributed by atoms with Gasteiger partial charge in [-0.15, -0.1) is 0 Å². The van der Waals surface area contributed by atoms with Crippen LogP contribution < -0.4 is 26.1 Å². The number of rotatable bonds is 6. The summed E-state index contributed by atoms with van der Waals surface area (Å²) in [7, 11) is 2.12. The van der Waals surface area contributed by atoms with Crippen molar-refractivity contribution in [2.75, 3.05) is 64.3 Å². The minimum absolute atomic E-state index is 0.0237. The molecule has 3 aliphatic heterocycles. The largest absolute Gasteiger partial charge is 0.450 e. The maximum atomic E-state index is 15.9. The van der Waals surface area contributed by atoms with Gasteiger partial charge in [0.05, 0.1) is 11.1 Å². The van der Waals surface area contributed by atoms with E-state index in [0.717, 1.165) is 56.3 Å². The van der Waals surface area contributed by atoms with Crippen molar-refractivity contribution in [2.45, 2.75) is 18.9 Å². The molecule has 1 amide bonds. The molecular formula is C32H35FN6O3. The Hall–Kier alpha value is -3.99. The molecule has 1 aromatic heterocycles. The van der Waals surface area contributed by atoms with Gasteiger partial charge >= 0.3 is 0 Å². The topological polar surface area (TPSA) is 96.1 Å². The molecule has 0 unspecified atom stereocenters. The van der Waals surface area contributed by atoms with E-state index in [9.17, 15) is 9.59 Å². The van der Waals surface area contributed by atoms with E-state index in [0.29, 0.717) is 42.3 Å². The second-order valence-corrected chi connectivity index (χ2v) is 11.7. The summed E-state index contributed by atoms with van der Waals surface area (Å²) in [5.41, 5.74) is 7.07. The quantitative estimate of drug-likeness (QED) is 0.303. The van der Waals surface area contributed by atoms with Gasteiger partial charge in [-0.3, -0.25) is 9.59 Å². The van der Waals surface area contributed by atoms with Gasteiger partial charge in [0.2, 0.25) is 5.43 Å². The number of halogens is 1. The number of anilines is 1. The third-order valence-corrected chi connectivity index (χ3v) is 8.81. The van der Waals surface area contributed by atoms with Crippen molar-refractivity contribution in [1.29, 1.82) is 0 Å². The summed E-state index contributed by atoms with van der Waals surface area (Å²) in [4.78, 5) is 33.7. The number of nitrogens with two attached hydrogens (primary N) is 1. The third kappa shape index (κ3) is 4.59. The molecule has 3 aliphatic rings. The molecule has 2 fully saturated rings. The molecule has 4 heterocycles. The number of benzene rings is 3. The first-order valence-electron chi connectivity index (χ1n) is 14.7. The van der Waals surface area contributed by atoms with E-state index in [4.69, 9.17) is 10.5 Å². The van der Waals surface area contributed by atoms with E-state index >= 15 is 4.39 Å². The Morgan fingerprint density at radius 1 is 1.07 bits per heavy atom. The van der Waals surface area contributed by atoms with Crippen LogP contribution in [0.1, 0.15) is 23.2 Å². The van der Waals surface area contributed by atoms with Crippen LogP contribution in [0, 0.1) is 5.82 Å². The van der Waals surface area contributed by atoms with Crippen molar-refractivity contribution >= 4 is 33.3 Å². The van der Waals surface area contributed by atoms with Crippen molar-refractivity contribution in [3.63, 3.8) is 0 Å². The van der Waals surface area contributed by atoms with Crippen molar-refractivity contribution in [1.82, 2.24) is 19.7 Å². The lowest BCUT2D eigenvalue weighted by Crippen LogP contribution is -2.45. The van der Waals surface area contributed by atoms with Gasteiger partial charge in [-0.2, -0.15) is 0 Å². The van der Waals surface area contributed by atoms with Gasteiger partial charge in [0.25, 0.3) is 5.91 Å². The minimum Gasteiger partial charge on any atom is -0.450 e. The summed E-state index contributed by atoms with van der Waals surface area (Å²) in [6.07, 6.45) is 3.09. The predicted molar refractivity (Wildman–Crippen MR) is 163 cm³/mol. The number of likely N-dealkylation sites (N-methyl/N-ethyl adjacent to an activating group) is 1.